The van der Waals surface area contributed by atoms with Crippen LogP contribution in [0.25, 0.3) is 11.1 Å². The number of alkyl carbamates (subject to hydrolysis) is 1. The van der Waals surface area contributed by atoms with Crippen LogP contribution in [0.15, 0.2) is 66.7 Å². The highest BCUT2D eigenvalue weighted by atomic mass is 19.1. The van der Waals surface area contributed by atoms with E-state index in [0.717, 1.165) is 34.4 Å². The number of ether oxygens (including phenoxy) is 1. The fourth-order valence-electron chi connectivity index (χ4n) is 4.12. The average molecular weight is 437 g/mol. The van der Waals surface area contributed by atoms with E-state index in [1.54, 1.807) is 0 Å². The average Bonchev–Trinajstić information content (AvgIpc) is 3.08. The smallest absolute Gasteiger partial charge is 0.407 e. The van der Waals surface area contributed by atoms with Gasteiger partial charge >= 0.3 is 12.1 Å². The van der Waals surface area contributed by atoms with Gasteiger partial charge in [-0.3, -0.25) is 4.79 Å². The van der Waals surface area contributed by atoms with Crippen LogP contribution < -0.4 is 5.32 Å². The van der Waals surface area contributed by atoms with Crippen LogP contribution in [-0.2, 0) is 16.0 Å². The maximum Gasteiger partial charge on any atom is 0.407 e. The van der Waals surface area contributed by atoms with Crippen LogP contribution >= 0.6 is 0 Å². The Hall–Kier alpha value is -3.74. The highest BCUT2D eigenvalue weighted by Gasteiger charge is 2.29. The van der Waals surface area contributed by atoms with E-state index < -0.39 is 29.6 Å². The molecule has 1 aliphatic carbocycles. The van der Waals surface area contributed by atoms with Gasteiger partial charge in [0.05, 0.1) is 5.92 Å². The van der Waals surface area contributed by atoms with Crippen molar-refractivity contribution in [3.63, 3.8) is 0 Å². The van der Waals surface area contributed by atoms with E-state index in [-0.39, 0.29) is 31.1 Å². The highest BCUT2D eigenvalue weighted by Crippen LogP contribution is 2.44. The van der Waals surface area contributed by atoms with Crippen molar-refractivity contribution in [1.29, 1.82) is 0 Å². The van der Waals surface area contributed by atoms with Gasteiger partial charge in [-0.05, 0) is 46.4 Å². The van der Waals surface area contributed by atoms with Gasteiger partial charge in [0.1, 0.15) is 18.2 Å². The third kappa shape index (κ3) is 4.61. The third-order valence-electron chi connectivity index (χ3n) is 5.59. The number of carboxylic acids is 1. The molecule has 0 fully saturated rings. The van der Waals surface area contributed by atoms with Crippen LogP contribution in [0.1, 0.15) is 22.6 Å². The Morgan fingerprint density at radius 2 is 1.50 bits per heavy atom. The maximum atomic E-state index is 13.4. The molecule has 0 radical (unpaired) electrons. The van der Waals surface area contributed by atoms with Crippen molar-refractivity contribution in [2.45, 2.75) is 12.3 Å². The summed E-state index contributed by atoms with van der Waals surface area (Å²) >= 11 is 0. The molecule has 7 heteroatoms. The van der Waals surface area contributed by atoms with Gasteiger partial charge in [-0.2, -0.15) is 0 Å². The lowest BCUT2D eigenvalue weighted by molar-refractivity contribution is -0.141. The first-order valence-corrected chi connectivity index (χ1v) is 10.2. The molecule has 0 saturated heterocycles. The third-order valence-corrected chi connectivity index (χ3v) is 5.59. The minimum Gasteiger partial charge on any atom is -0.481 e. The molecule has 0 aromatic heterocycles. The summed E-state index contributed by atoms with van der Waals surface area (Å²) in [6, 6.07) is 18.7. The fraction of sp³-hybridized carbons (Fsp3) is 0.200. The Balaban J connectivity index is 1.37. The zero-order valence-electron chi connectivity index (χ0n) is 17.1. The van der Waals surface area contributed by atoms with E-state index in [1.807, 2.05) is 48.5 Å². The molecule has 5 nitrogen and oxygen atoms in total. The first-order valence-electron chi connectivity index (χ1n) is 10.2. The molecule has 0 bridgehead atoms. The van der Waals surface area contributed by atoms with Crippen molar-refractivity contribution < 1.29 is 28.2 Å². The largest absolute Gasteiger partial charge is 0.481 e. The predicted molar refractivity (Wildman–Crippen MR) is 114 cm³/mol. The van der Waals surface area contributed by atoms with E-state index in [4.69, 9.17) is 4.74 Å². The summed E-state index contributed by atoms with van der Waals surface area (Å²) in [6.45, 7) is -0.128. The van der Waals surface area contributed by atoms with Crippen LogP contribution in [0, 0.1) is 17.6 Å². The lowest BCUT2D eigenvalue weighted by atomic mass is 9.98. The van der Waals surface area contributed by atoms with Gasteiger partial charge < -0.3 is 15.2 Å². The Kier molecular flexibility index (Phi) is 6.16. The summed E-state index contributed by atoms with van der Waals surface area (Å²) in [6.07, 6.45) is -0.878. The van der Waals surface area contributed by atoms with E-state index in [9.17, 15) is 23.5 Å². The number of nitrogens with one attached hydrogen (secondary N) is 1. The van der Waals surface area contributed by atoms with Gasteiger partial charge in [0, 0.05) is 18.5 Å². The molecule has 0 saturated carbocycles. The molecule has 1 amide bonds. The van der Waals surface area contributed by atoms with Crippen LogP contribution in [0.4, 0.5) is 13.6 Å². The fourth-order valence-corrected chi connectivity index (χ4v) is 4.12. The number of halogens is 2. The topological polar surface area (TPSA) is 75.6 Å². The number of carboxylic acid groups (broad SMARTS) is 1. The van der Waals surface area contributed by atoms with Crippen molar-refractivity contribution in [2.75, 3.05) is 13.2 Å². The number of aliphatic carboxylic acids is 1. The Morgan fingerprint density at radius 3 is 2.06 bits per heavy atom. The lowest BCUT2D eigenvalue weighted by Gasteiger charge is -2.16. The molecule has 2 N–H and O–H groups in total. The first kappa shape index (κ1) is 21.5. The second-order valence-electron chi connectivity index (χ2n) is 7.72. The molecule has 3 aromatic rings. The maximum absolute atomic E-state index is 13.4. The van der Waals surface area contributed by atoms with Crippen molar-refractivity contribution in [2.24, 2.45) is 5.92 Å². The standard InChI is InChI=1S/C25H21F2NO4/c26-17-10-15(11-18(27)12-17)9-16(24(29)30)13-28-25(31)32-14-23-21-7-3-1-5-19(21)20-6-2-4-8-22(20)23/h1-8,10-12,16,23H,9,13-14H2,(H,28,31)(H,29,30). The molecule has 32 heavy (non-hydrogen) atoms. The number of carbonyl (C=O) groups excluding carboxylic acids is 1. The van der Waals surface area contributed by atoms with Gasteiger partial charge in [-0.1, -0.05) is 48.5 Å². The van der Waals surface area contributed by atoms with E-state index in [1.165, 1.54) is 0 Å². The first-order chi connectivity index (χ1) is 15.4. The van der Waals surface area contributed by atoms with Gasteiger partial charge in [-0.25, -0.2) is 13.6 Å². The number of carbonyl (C=O) groups is 2. The van der Waals surface area contributed by atoms with Crippen LogP contribution in [0.5, 0.6) is 0 Å². The summed E-state index contributed by atoms with van der Waals surface area (Å²) in [5.41, 5.74) is 4.54. The van der Waals surface area contributed by atoms with Gasteiger partial charge in [0.2, 0.25) is 0 Å². The molecular formula is C25H21F2NO4. The summed E-state index contributed by atoms with van der Waals surface area (Å²) in [5.74, 6) is -3.92. The summed E-state index contributed by atoms with van der Waals surface area (Å²) in [7, 11) is 0. The van der Waals surface area contributed by atoms with Crippen LogP contribution in [0.3, 0.4) is 0 Å². The molecule has 0 spiro atoms. The summed E-state index contributed by atoms with van der Waals surface area (Å²) in [5, 5.41) is 11.9. The quantitative estimate of drug-likeness (QED) is 0.560. The van der Waals surface area contributed by atoms with E-state index in [0.29, 0.717) is 6.07 Å². The van der Waals surface area contributed by atoms with Crippen molar-refractivity contribution in [3.05, 3.63) is 95.1 Å². The molecule has 0 heterocycles. The van der Waals surface area contributed by atoms with Crippen LogP contribution in [-0.4, -0.2) is 30.3 Å². The molecule has 1 aliphatic rings. The molecule has 1 atom stereocenters. The zero-order valence-corrected chi connectivity index (χ0v) is 17.1. The minimum atomic E-state index is -1.19. The van der Waals surface area contributed by atoms with E-state index >= 15 is 0 Å². The summed E-state index contributed by atoms with van der Waals surface area (Å²) in [4.78, 5) is 23.8. The van der Waals surface area contributed by atoms with Gasteiger partial charge in [-0.15, -0.1) is 0 Å². The second-order valence-corrected chi connectivity index (χ2v) is 7.72. The minimum absolute atomic E-state index is 0.104. The van der Waals surface area contributed by atoms with Crippen molar-refractivity contribution in [1.82, 2.24) is 5.32 Å². The molecule has 3 aromatic carbocycles. The Bertz CT molecular complexity index is 1100. The predicted octanol–water partition coefficient (Wildman–Crippen LogP) is 4.75. The zero-order chi connectivity index (χ0) is 22.7. The molecular weight excluding hydrogens is 416 g/mol. The van der Waals surface area contributed by atoms with Crippen LogP contribution in [0.2, 0.25) is 0 Å². The number of fused-ring (bicyclic) bond motifs is 3. The second kappa shape index (κ2) is 9.18. The van der Waals surface area contributed by atoms with Gasteiger partial charge in [0.25, 0.3) is 0 Å². The highest BCUT2D eigenvalue weighted by molar-refractivity contribution is 5.79. The number of rotatable bonds is 7. The Labute approximate surface area is 183 Å². The Morgan fingerprint density at radius 1 is 0.938 bits per heavy atom. The normalized spacial score (nSPS) is 13.2. The molecule has 1 unspecified atom stereocenters. The van der Waals surface area contributed by atoms with Gasteiger partial charge in [0.15, 0.2) is 0 Å². The molecule has 164 valence electrons. The number of hydrogen-bond acceptors (Lipinski definition) is 3. The van der Waals surface area contributed by atoms with E-state index in [2.05, 4.69) is 5.32 Å². The van der Waals surface area contributed by atoms with Crippen molar-refractivity contribution >= 4 is 12.1 Å². The molecule has 4 rings (SSSR count). The summed E-state index contributed by atoms with van der Waals surface area (Å²) < 4.78 is 32.1. The lowest BCUT2D eigenvalue weighted by Crippen LogP contribution is -2.35. The number of hydrogen-bond donors (Lipinski definition) is 2. The number of benzene rings is 3. The number of amides is 1. The monoisotopic (exact) mass is 437 g/mol. The van der Waals surface area contributed by atoms with Crippen molar-refractivity contribution in [3.8, 4) is 11.1 Å². The SMILES string of the molecule is O=C(NCC(Cc1cc(F)cc(F)c1)C(=O)O)OCC1c2ccccc2-c2ccccc21. The molecule has 0 aliphatic heterocycles.